The molecule has 4 heterocycles. The van der Waals surface area contributed by atoms with Crippen LogP contribution >= 0.6 is 0 Å². The molecule has 150 valence electrons. The first-order valence-electron chi connectivity index (χ1n) is 9.77. The Morgan fingerprint density at radius 1 is 1.29 bits per heavy atom. The van der Waals surface area contributed by atoms with Crippen molar-refractivity contribution in [1.29, 1.82) is 0 Å². The molecule has 2 aromatic heterocycles. The first kappa shape index (κ1) is 18.7. The number of ether oxygens (including phenoxy) is 2. The van der Waals surface area contributed by atoms with Gasteiger partial charge in [-0.15, -0.1) is 0 Å². The van der Waals surface area contributed by atoms with Crippen molar-refractivity contribution in [2.75, 3.05) is 44.3 Å². The van der Waals surface area contributed by atoms with Crippen molar-refractivity contribution in [1.82, 2.24) is 24.6 Å². The van der Waals surface area contributed by atoms with Crippen LogP contribution in [0.25, 0.3) is 0 Å². The second-order valence-corrected chi connectivity index (χ2v) is 7.17. The van der Waals surface area contributed by atoms with Crippen LogP contribution in [0.5, 0.6) is 5.88 Å². The third-order valence-electron chi connectivity index (χ3n) is 5.32. The summed E-state index contributed by atoms with van der Waals surface area (Å²) in [5, 5.41) is 4.11. The lowest BCUT2D eigenvalue weighted by molar-refractivity contribution is -0.140. The molecule has 0 aliphatic carbocycles. The fraction of sp³-hybridized carbons (Fsp3) is 0.579. The standard InChI is InChI=1S/C19H26N6O3/c1-2-27-16-4-8-20-18(22-16)24-12-13-28-19(15-24)5-10-23(11-6-19)17(26)14-25-9-3-7-21-25/h3-4,7-9H,2,5-6,10-15H2,1H3. The van der Waals surface area contributed by atoms with E-state index in [4.69, 9.17) is 9.47 Å². The molecule has 2 aromatic rings. The zero-order valence-corrected chi connectivity index (χ0v) is 16.2. The van der Waals surface area contributed by atoms with E-state index in [1.165, 1.54) is 0 Å². The summed E-state index contributed by atoms with van der Waals surface area (Å²) in [6.07, 6.45) is 6.83. The Bertz CT molecular complexity index is 789. The van der Waals surface area contributed by atoms with Crippen LogP contribution < -0.4 is 9.64 Å². The fourth-order valence-electron chi connectivity index (χ4n) is 3.83. The van der Waals surface area contributed by atoms with Gasteiger partial charge in [-0.3, -0.25) is 9.48 Å². The highest BCUT2D eigenvalue weighted by atomic mass is 16.5. The summed E-state index contributed by atoms with van der Waals surface area (Å²) in [5.74, 6) is 1.36. The summed E-state index contributed by atoms with van der Waals surface area (Å²) < 4.78 is 13.3. The van der Waals surface area contributed by atoms with Gasteiger partial charge in [-0.1, -0.05) is 0 Å². The Morgan fingerprint density at radius 2 is 2.14 bits per heavy atom. The first-order chi connectivity index (χ1) is 13.7. The molecular formula is C19H26N6O3. The Labute approximate surface area is 164 Å². The van der Waals surface area contributed by atoms with E-state index in [9.17, 15) is 4.79 Å². The average Bonchev–Trinajstić information content (AvgIpc) is 3.22. The number of anilines is 1. The molecule has 0 bridgehead atoms. The maximum absolute atomic E-state index is 12.5. The van der Waals surface area contributed by atoms with Crippen molar-refractivity contribution in [2.24, 2.45) is 0 Å². The SMILES string of the molecule is CCOc1ccnc(N2CCOC3(CCN(C(=O)Cn4cccn4)CC3)C2)n1. The van der Waals surface area contributed by atoms with E-state index in [0.717, 1.165) is 25.9 Å². The molecule has 0 aromatic carbocycles. The smallest absolute Gasteiger partial charge is 0.244 e. The van der Waals surface area contributed by atoms with Gasteiger partial charge in [0.25, 0.3) is 0 Å². The molecule has 2 saturated heterocycles. The molecule has 4 rings (SSSR count). The Hall–Kier alpha value is -2.68. The average molecular weight is 386 g/mol. The first-order valence-corrected chi connectivity index (χ1v) is 9.77. The molecule has 9 nitrogen and oxygen atoms in total. The lowest BCUT2D eigenvalue weighted by atomic mass is 9.89. The maximum Gasteiger partial charge on any atom is 0.244 e. The molecule has 2 aliphatic rings. The number of likely N-dealkylation sites (tertiary alicyclic amines) is 1. The Morgan fingerprint density at radius 3 is 2.89 bits per heavy atom. The van der Waals surface area contributed by atoms with Crippen LogP contribution in [0.15, 0.2) is 30.7 Å². The quantitative estimate of drug-likeness (QED) is 0.757. The van der Waals surface area contributed by atoms with Gasteiger partial charge >= 0.3 is 0 Å². The van der Waals surface area contributed by atoms with Crippen molar-refractivity contribution >= 4 is 11.9 Å². The van der Waals surface area contributed by atoms with Gasteiger partial charge in [0.15, 0.2) is 0 Å². The van der Waals surface area contributed by atoms with Crippen molar-refractivity contribution < 1.29 is 14.3 Å². The van der Waals surface area contributed by atoms with Crippen LogP contribution in [0.4, 0.5) is 5.95 Å². The predicted molar refractivity (Wildman–Crippen MR) is 102 cm³/mol. The highest BCUT2D eigenvalue weighted by Gasteiger charge is 2.41. The zero-order chi connectivity index (χ0) is 19.4. The van der Waals surface area contributed by atoms with E-state index in [0.29, 0.717) is 38.1 Å². The summed E-state index contributed by atoms with van der Waals surface area (Å²) in [4.78, 5) is 25.5. The topological polar surface area (TPSA) is 85.6 Å². The van der Waals surface area contributed by atoms with E-state index < -0.39 is 0 Å². The Kier molecular flexibility index (Phi) is 5.43. The predicted octanol–water partition coefficient (Wildman–Crippen LogP) is 0.970. The van der Waals surface area contributed by atoms with Crippen LogP contribution in [-0.2, 0) is 16.1 Å². The van der Waals surface area contributed by atoms with Crippen molar-refractivity contribution in [3.05, 3.63) is 30.7 Å². The molecule has 1 spiro atoms. The monoisotopic (exact) mass is 386 g/mol. The van der Waals surface area contributed by atoms with Crippen LogP contribution in [0.1, 0.15) is 19.8 Å². The molecule has 9 heteroatoms. The highest BCUT2D eigenvalue weighted by Crippen LogP contribution is 2.31. The van der Waals surface area contributed by atoms with Gasteiger partial charge in [-0.25, -0.2) is 4.98 Å². The molecule has 0 atom stereocenters. The molecular weight excluding hydrogens is 360 g/mol. The minimum atomic E-state index is -0.258. The van der Waals surface area contributed by atoms with E-state index in [2.05, 4.69) is 20.0 Å². The minimum absolute atomic E-state index is 0.0963. The van der Waals surface area contributed by atoms with Gasteiger partial charge in [-0.05, 0) is 25.8 Å². The van der Waals surface area contributed by atoms with Gasteiger partial charge in [0.2, 0.25) is 17.7 Å². The van der Waals surface area contributed by atoms with E-state index in [1.54, 1.807) is 23.1 Å². The summed E-state index contributed by atoms with van der Waals surface area (Å²) in [6, 6.07) is 3.60. The molecule has 0 radical (unpaired) electrons. The maximum atomic E-state index is 12.5. The number of morpholine rings is 1. The zero-order valence-electron chi connectivity index (χ0n) is 16.2. The molecule has 0 saturated carbocycles. The van der Waals surface area contributed by atoms with Crippen LogP contribution in [0.2, 0.25) is 0 Å². The number of carbonyl (C=O) groups is 1. The highest BCUT2D eigenvalue weighted by molar-refractivity contribution is 5.76. The molecule has 0 N–H and O–H groups in total. The summed E-state index contributed by atoms with van der Waals surface area (Å²) >= 11 is 0. The summed E-state index contributed by atoms with van der Waals surface area (Å²) in [5.41, 5.74) is -0.258. The van der Waals surface area contributed by atoms with Gasteiger partial charge in [-0.2, -0.15) is 10.1 Å². The molecule has 2 fully saturated rings. The van der Waals surface area contributed by atoms with Gasteiger partial charge in [0.1, 0.15) is 6.54 Å². The number of piperidine rings is 1. The second-order valence-electron chi connectivity index (χ2n) is 7.17. The lowest BCUT2D eigenvalue weighted by Gasteiger charge is -2.47. The Balaban J connectivity index is 1.37. The number of carbonyl (C=O) groups excluding carboxylic acids is 1. The fourth-order valence-corrected chi connectivity index (χ4v) is 3.83. The van der Waals surface area contributed by atoms with Gasteiger partial charge in [0, 0.05) is 44.3 Å². The normalized spacial score (nSPS) is 19.0. The number of rotatable bonds is 5. The molecule has 2 aliphatic heterocycles. The molecule has 1 amide bonds. The number of amides is 1. The lowest BCUT2D eigenvalue weighted by Crippen LogP contribution is -2.58. The van der Waals surface area contributed by atoms with E-state index in [-0.39, 0.29) is 18.1 Å². The molecule has 28 heavy (non-hydrogen) atoms. The van der Waals surface area contributed by atoms with Gasteiger partial charge in [0.05, 0.1) is 25.4 Å². The van der Waals surface area contributed by atoms with E-state index in [1.807, 2.05) is 24.1 Å². The van der Waals surface area contributed by atoms with Crippen molar-refractivity contribution in [2.45, 2.75) is 31.9 Å². The third-order valence-corrected chi connectivity index (χ3v) is 5.32. The van der Waals surface area contributed by atoms with Crippen LogP contribution in [0.3, 0.4) is 0 Å². The summed E-state index contributed by atoms with van der Waals surface area (Å²) in [6.45, 7) is 6.28. The number of nitrogens with zero attached hydrogens (tertiary/aromatic N) is 6. The van der Waals surface area contributed by atoms with Crippen LogP contribution in [-0.4, -0.2) is 75.5 Å². The largest absolute Gasteiger partial charge is 0.478 e. The van der Waals surface area contributed by atoms with Gasteiger partial charge < -0.3 is 19.3 Å². The van der Waals surface area contributed by atoms with Crippen molar-refractivity contribution in [3.63, 3.8) is 0 Å². The molecule has 0 unspecified atom stereocenters. The van der Waals surface area contributed by atoms with E-state index >= 15 is 0 Å². The minimum Gasteiger partial charge on any atom is -0.478 e. The number of aromatic nitrogens is 4. The van der Waals surface area contributed by atoms with Crippen LogP contribution in [0, 0.1) is 0 Å². The third kappa shape index (κ3) is 4.09. The summed E-state index contributed by atoms with van der Waals surface area (Å²) in [7, 11) is 0. The number of hydrogen-bond donors (Lipinski definition) is 0. The number of hydrogen-bond acceptors (Lipinski definition) is 7. The second kappa shape index (κ2) is 8.14. The van der Waals surface area contributed by atoms with Crippen molar-refractivity contribution in [3.8, 4) is 5.88 Å².